The van der Waals surface area contributed by atoms with E-state index in [0.717, 1.165) is 27.6 Å². The zero-order valence-electron chi connectivity index (χ0n) is 15.4. The number of ketones is 1. The fourth-order valence-corrected chi connectivity index (χ4v) is 4.78. The van der Waals surface area contributed by atoms with Crippen LogP contribution in [0.25, 0.3) is 22.0 Å². The lowest BCUT2D eigenvalue weighted by atomic mass is 10.00. The van der Waals surface area contributed by atoms with Gasteiger partial charge in [-0.05, 0) is 41.8 Å². The van der Waals surface area contributed by atoms with Crippen LogP contribution in [-0.2, 0) is 15.8 Å². The molecule has 4 rings (SSSR count). The average Bonchev–Trinajstić information content (AvgIpc) is 2.88. The molecule has 27 heavy (non-hydrogen) atoms. The van der Waals surface area contributed by atoms with E-state index in [-0.39, 0.29) is 11.5 Å². The smallest absolute Gasteiger partial charge is 0.239 e. The van der Waals surface area contributed by atoms with Gasteiger partial charge < -0.3 is 0 Å². The second-order valence-electron chi connectivity index (χ2n) is 6.76. The van der Waals surface area contributed by atoms with Crippen molar-refractivity contribution in [2.45, 2.75) is 26.0 Å². The van der Waals surface area contributed by atoms with Gasteiger partial charge in [0.05, 0.1) is 17.0 Å². The second kappa shape index (κ2) is 6.13. The first kappa shape index (κ1) is 17.6. The molecule has 1 aliphatic heterocycles. The Morgan fingerprint density at radius 3 is 2.74 bits per heavy atom. The fourth-order valence-electron chi connectivity index (χ4n) is 3.48. The van der Waals surface area contributed by atoms with E-state index in [1.165, 1.54) is 4.31 Å². The number of Topliss-reactive ketones (excluding diaryl/α,β-unsaturated/α-hetero) is 1. The number of pyridine rings is 2. The lowest BCUT2D eigenvalue weighted by Gasteiger charge is -2.12. The van der Waals surface area contributed by atoms with E-state index in [1.54, 1.807) is 25.5 Å². The van der Waals surface area contributed by atoms with Crippen LogP contribution in [0, 0.1) is 6.92 Å². The van der Waals surface area contributed by atoms with E-state index in [9.17, 15) is 13.2 Å². The number of carbonyl (C=O) groups is 1. The van der Waals surface area contributed by atoms with Gasteiger partial charge in [-0.3, -0.25) is 14.1 Å². The summed E-state index contributed by atoms with van der Waals surface area (Å²) in [6.45, 7) is 3.69. The van der Waals surface area contributed by atoms with Gasteiger partial charge in [0.15, 0.2) is 5.78 Å². The van der Waals surface area contributed by atoms with Crippen LogP contribution in [0.5, 0.6) is 0 Å². The molecule has 138 valence electrons. The van der Waals surface area contributed by atoms with Crippen LogP contribution in [-0.4, -0.2) is 31.2 Å². The highest BCUT2D eigenvalue weighted by Crippen LogP contribution is 2.36. The molecule has 0 radical (unpaired) electrons. The molecule has 0 saturated heterocycles. The summed E-state index contributed by atoms with van der Waals surface area (Å²) >= 11 is 0. The lowest BCUT2D eigenvalue weighted by Crippen LogP contribution is -2.20. The molecule has 0 amide bonds. The van der Waals surface area contributed by atoms with Gasteiger partial charge in [0.25, 0.3) is 0 Å². The third-order valence-electron chi connectivity index (χ3n) is 4.99. The molecule has 0 saturated carbocycles. The summed E-state index contributed by atoms with van der Waals surface area (Å²) in [7, 11) is -1.73. The van der Waals surface area contributed by atoms with Crippen LogP contribution in [0.3, 0.4) is 0 Å². The fraction of sp³-hybridized carbons (Fsp3) is 0.250. The minimum absolute atomic E-state index is 0.00108. The molecule has 0 unspecified atom stereocenters. The summed E-state index contributed by atoms with van der Waals surface area (Å²) in [4.78, 5) is 21.2. The molecule has 0 bridgehead atoms. The molecule has 0 spiro atoms. The van der Waals surface area contributed by atoms with Crippen LogP contribution in [0.1, 0.15) is 35.0 Å². The highest BCUT2D eigenvalue weighted by atomic mass is 32.2. The third-order valence-corrected chi connectivity index (χ3v) is 6.69. The van der Waals surface area contributed by atoms with Crippen molar-refractivity contribution in [1.29, 1.82) is 0 Å². The van der Waals surface area contributed by atoms with Gasteiger partial charge in [0, 0.05) is 36.8 Å². The van der Waals surface area contributed by atoms with E-state index in [4.69, 9.17) is 0 Å². The normalized spacial score (nSPS) is 15.1. The van der Waals surface area contributed by atoms with Crippen molar-refractivity contribution in [1.82, 2.24) is 9.97 Å². The van der Waals surface area contributed by atoms with Gasteiger partial charge >= 0.3 is 0 Å². The Morgan fingerprint density at radius 2 is 2.00 bits per heavy atom. The Bertz CT molecular complexity index is 1200. The van der Waals surface area contributed by atoms with E-state index in [2.05, 4.69) is 9.97 Å². The predicted octanol–water partition coefficient (Wildman–Crippen LogP) is 3.48. The summed E-state index contributed by atoms with van der Waals surface area (Å²) in [6.07, 6.45) is 3.83. The number of sulfonamides is 1. The maximum Gasteiger partial charge on any atom is 0.239 e. The molecule has 0 atom stereocenters. The Labute approximate surface area is 157 Å². The lowest BCUT2D eigenvalue weighted by molar-refractivity contribution is 0.0983. The van der Waals surface area contributed by atoms with Crippen molar-refractivity contribution in [2.75, 3.05) is 11.4 Å². The Hall–Kier alpha value is -2.80. The molecule has 1 aliphatic rings. The van der Waals surface area contributed by atoms with Crippen LogP contribution < -0.4 is 4.31 Å². The van der Waals surface area contributed by atoms with Gasteiger partial charge in [0.1, 0.15) is 5.69 Å². The number of hydrogen-bond donors (Lipinski definition) is 0. The predicted molar refractivity (Wildman–Crippen MR) is 105 cm³/mol. The van der Waals surface area contributed by atoms with Gasteiger partial charge in [-0.15, -0.1) is 0 Å². The molecule has 0 aliphatic carbocycles. The van der Waals surface area contributed by atoms with Gasteiger partial charge in [0.2, 0.25) is 10.0 Å². The van der Waals surface area contributed by atoms with E-state index < -0.39 is 10.0 Å². The maximum absolute atomic E-state index is 12.2. The number of hydrogen-bond acceptors (Lipinski definition) is 5. The number of aromatic nitrogens is 2. The standard InChI is InChI=1S/C20H19N3O3S/c1-4-18(24)19-12(2)7-14-9-21-10-16(20(14)22-19)13-5-6-17-15(8-13)11-27(25,26)23(17)3/h5-10H,4,11H2,1-3H3. The molecular formula is C20H19N3O3S. The molecule has 0 N–H and O–H groups in total. The van der Waals surface area contributed by atoms with Gasteiger partial charge in [-0.1, -0.05) is 13.0 Å². The van der Waals surface area contributed by atoms with E-state index in [1.807, 2.05) is 32.0 Å². The topological polar surface area (TPSA) is 80.2 Å². The van der Waals surface area contributed by atoms with Crippen molar-refractivity contribution in [3.8, 4) is 11.1 Å². The van der Waals surface area contributed by atoms with Gasteiger partial charge in [-0.25, -0.2) is 13.4 Å². The molecule has 6 nitrogen and oxygen atoms in total. The van der Waals surface area contributed by atoms with E-state index in [0.29, 0.717) is 23.3 Å². The highest BCUT2D eigenvalue weighted by Gasteiger charge is 2.30. The molecule has 2 aromatic heterocycles. The summed E-state index contributed by atoms with van der Waals surface area (Å²) in [5.41, 5.74) is 5.06. The van der Waals surface area contributed by atoms with Crippen LogP contribution in [0.15, 0.2) is 36.7 Å². The monoisotopic (exact) mass is 381 g/mol. The molecule has 7 heteroatoms. The number of fused-ring (bicyclic) bond motifs is 2. The summed E-state index contributed by atoms with van der Waals surface area (Å²) in [6, 6.07) is 7.47. The van der Waals surface area contributed by atoms with Crippen molar-refractivity contribution in [3.63, 3.8) is 0 Å². The number of carbonyl (C=O) groups excluding carboxylic acids is 1. The molecule has 3 heterocycles. The number of rotatable bonds is 3. The first-order valence-electron chi connectivity index (χ1n) is 8.70. The molecule has 3 aromatic rings. The highest BCUT2D eigenvalue weighted by molar-refractivity contribution is 7.92. The quantitative estimate of drug-likeness (QED) is 0.649. The Kier molecular flexibility index (Phi) is 3.99. The van der Waals surface area contributed by atoms with Gasteiger partial charge in [-0.2, -0.15) is 0 Å². The first-order chi connectivity index (χ1) is 12.8. The minimum Gasteiger partial charge on any atom is -0.292 e. The minimum atomic E-state index is -3.30. The van der Waals surface area contributed by atoms with Crippen LogP contribution in [0.2, 0.25) is 0 Å². The summed E-state index contributed by atoms with van der Waals surface area (Å²) in [5, 5.41) is 0.850. The maximum atomic E-state index is 12.2. The second-order valence-corrected chi connectivity index (χ2v) is 8.76. The number of anilines is 1. The van der Waals surface area contributed by atoms with E-state index >= 15 is 0 Å². The summed E-state index contributed by atoms with van der Waals surface area (Å²) in [5.74, 6) is -0.0180. The summed E-state index contributed by atoms with van der Waals surface area (Å²) < 4.78 is 25.6. The molecule has 1 aromatic carbocycles. The largest absolute Gasteiger partial charge is 0.292 e. The van der Waals surface area contributed by atoms with Crippen LogP contribution in [0.4, 0.5) is 5.69 Å². The Balaban J connectivity index is 1.92. The average molecular weight is 381 g/mol. The van der Waals surface area contributed by atoms with Crippen molar-refractivity contribution < 1.29 is 13.2 Å². The molecular weight excluding hydrogens is 362 g/mol. The number of nitrogens with zero attached hydrogens (tertiary/aromatic N) is 3. The molecule has 0 fully saturated rings. The van der Waals surface area contributed by atoms with Crippen molar-refractivity contribution in [3.05, 3.63) is 53.5 Å². The number of aryl methyl sites for hydroxylation is 1. The zero-order valence-corrected chi connectivity index (χ0v) is 16.2. The van der Waals surface area contributed by atoms with Crippen LogP contribution >= 0.6 is 0 Å². The first-order valence-corrected chi connectivity index (χ1v) is 10.3. The Morgan fingerprint density at radius 1 is 1.22 bits per heavy atom. The zero-order chi connectivity index (χ0) is 19.3. The van der Waals surface area contributed by atoms with Crippen molar-refractivity contribution in [2.24, 2.45) is 0 Å². The number of benzene rings is 1. The SMILES string of the molecule is CCC(=O)c1nc2c(-c3ccc4c(c3)CS(=O)(=O)N4C)cncc2cc1C. The third kappa shape index (κ3) is 2.78. The van der Waals surface area contributed by atoms with Crippen molar-refractivity contribution >= 4 is 32.4 Å².